The Hall–Kier alpha value is -1.35. The predicted octanol–water partition coefficient (Wildman–Crippen LogP) is 3.37. The molecule has 0 bridgehead atoms. The molecule has 0 spiro atoms. The van der Waals surface area contributed by atoms with Gasteiger partial charge in [0, 0.05) is 5.56 Å². The van der Waals surface area contributed by atoms with E-state index >= 15 is 0 Å². The molecule has 1 atom stereocenters. The molecule has 21 heavy (non-hydrogen) atoms. The Bertz CT molecular complexity index is 504. The summed E-state index contributed by atoms with van der Waals surface area (Å²) in [6.45, 7) is 14.4. The summed E-state index contributed by atoms with van der Waals surface area (Å²) in [5.74, 6) is 0.363. The van der Waals surface area contributed by atoms with E-state index in [4.69, 9.17) is 0 Å². The first-order chi connectivity index (χ1) is 9.70. The molecule has 0 aliphatic rings. The Morgan fingerprint density at radius 3 is 1.76 bits per heavy atom. The summed E-state index contributed by atoms with van der Waals surface area (Å²) in [5.41, 5.74) is 6.43. The fourth-order valence-electron chi connectivity index (χ4n) is 2.85. The molecule has 0 heterocycles. The lowest BCUT2D eigenvalue weighted by Crippen LogP contribution is -2.39. The molecular formula is C18H29NO2. The molecule has 0 saturated carbocycles. The zero-order valence-corrected chi connectivity index (χ0v) is 14.4. The normalized spacial score (nSPS) is 12.6. The van der Waals surface area contributed by atoms with Crippen LogP contribution in [0.1, 0.15) is 58.4 Å². The highest BCUT2D eigenvalue weighted by atomic mass is 16.3. The maximum absolute atomic E-state index is 12.6. The summed E-state index contributed by atoms with van der Waals surface area (Å²) in [7, 11) is 0. The standard InChI is InChI=1S/C18H29NO2/c1-10(2)8-16(9-20)19-18(21)17-14(6)12(4)11(3)13(5)15(17)7/h10,16,20H,8-9H2,1-7H3,(H,19,21). The predicted molar refractivity (Wildman–Crippen MR) is 87.9 cm³/mol. The van der Waals surface area contributed by atoms with Crippen LogP contribution in [-0.2, 0) is 0 Å². The van der Waals surface area contributed by atoms with Crippen molar-refractivity contribution >= 4 is 5.91 Å². The van der Waals surface area contributed by atoms with E-state index in [-0.39, 0.29) is 18.6 Å². The highest BCUT2D eigenvalue weighted by Crippen LogP contribution is 2.26. The molecule has 2 N–H and O–H groups in total. The Balaban J connectivity index is 3.14. The number of hydrogen-bond donors (Lipinski definition) is 2. The summed E-state index contributed by atoms with van der Waals surface area (Å²) in [4.78, 5) is 12.6. The monoisotopic (exact) mass is 291 g/mol. The number of rotatable bonds is 5. The van der Waals surface area contributed by atoms with Gasteiger partial charge in [-0.15, -0.1) is 0 Å². The number of carbonyl (C=O) groups excluding carboxylic acids is 1. The number of nitrogens with one attached hydrogen (secondary N) is 1. The van der Waals surface area contributed by atoms with Crippen molar-refractivity contribution in [1.29, 1.82) is 0 Å². The minimum absolute atomic E-state index is 0.0220. The molecule has 1 amide bonds. The van der Waals surface area contributed by atoms with Crippen LogP contribution in [0.4, 0.5) is 0 Å². The summed E-state index contributed by atoms with van der Waals surface area (Å²) in [6, 6.07) is -0.182. The third-order valence-electron chi connectivity index (χ3n) is 4.54. The van der Waals surface area contributed by atoms with Crippen LogP contribution < -0.4 is 5.32 Å². The molecule has 0 fully saturated rings. The largest absolute Gasteiger partial charge is 0.394 e. The molecule has 1 aromatic rings. The molecule has 3 heteroatoms. The lowest BCUT2D eigenvalue weighted by atomic mass is 9.89. The van der Waals surface area contributed by atoms with Crippen LogP contribution >= 0.6 is 0 Å². The fourth-order valence-corrected chi connectivity index (χ4v) is 2.85. The van der Waals surface area contributed by atoms with Crippen LogP contribution in [0.3, 0.4) is 0 Å². The average molecular weight is 291 g/mol. The van der Waals surface area contributed by atoms with Crippen LogP contribution in [0, 0.1) is 40.5 Å². The zero-order valence-electron chi connectivity index (χ0n) is 14.4. The summed E-state index contributed by atoms with van der Waals surface area (Å²) < 4.78 is 0. The van der Waals surface area contributed by atoms with Crippen LogP contribution in [0.25, 0.3) is 0 Å². The second-order valence-corrected chi connectivity index (χ2v) is 6.48. The Kier molecular flexibility index (Phi) is 5.97. The van der Waals surface area contributed by atoms with E-state index in [1.165, 1.54) is 16.7 Å². The van der Waals surface area contributed by atoms with E-state index in [2.05, 4.69) is 39.9 Å². The Morgan fingerprint density at radius 2 is 1.38 bits per heavy atom. The lowest BCUT2D eigenvalue weighted by Gasteiger charge is -2.22. The number of carbonyl (C=O) groups is 1. The van der Waals surface area contributed by atoms with E-state index < -0.39 is 0 Å². The van der Waals surface area contributed by atoms with Crippen LogP contribution in [0.5, 0.6) is 0 Å². The Labute approximate surface area is 128 Å². The van der Waals surface area contributed by atoms with Gasteiger partial charge in [-0.05, 0) is 74.8 Å². The van der Waals surface area contributed by atoms with Gasteiger partial charge in [-0.2, -0.15) is 0 Å². The summed E-state index contributed by atoms with van der Waals surface area (Å²) in [5, 5.41) is 12.4. The van der Waals surface area contributed by atoms with Gasteiger partial charge >= 0.3 is 0 Å². The van der Waals surface area contributed by atoms with Gasteiger partial charge in [0.2, 0.25) is 0 Å². The quantitative estimate of drug-likeness (QED) is 0.874. The second-order valence-electron chi connectivity index (χ2n) is 6.48. The lowest BCUT2D eigenvalue weighted by molar-refractivity contribution is 0.0907. The number of benzene rings is 1. The summed E-state index contributed by atoms with van der Waals surface area (Å²) in [6.07, 6.45) is 0.782. The van der Waals surface area contributed by atoms with Crippen molar-refractivity contribution in [2.24, 2.45) is 5.92 Å². The maximum atomic E-state index is 12.6. The minimum atomic E-state index is -0.182. The molecule has 1 unspecified atom stereocenters. The van der Waals surface area contributed by atoms with Gasteiger partial charge in [-0.1, -0.05) is 13.8 Å². The first kappa shape index (κ1) is 17.7. The molecular weight excluding hydrogens is 262 g/mol. The van der Waals surface area contributed by atoms with Crippen molar-refractivity contribution in [3.8, 4) is 0 Å². The molecule has 1 rings (SSSR count). The molecule has 3 nitrogen and oxygen atoms in total. The van der Waals surface area contributed by atoms with E-state index in [0.29, 0.717) is 5.92 Å². The van der Waals surface area contributed by atoms with E-state index in [1.54, 1.807) is 0 Å². The molecule has 1 aromatic carbocycles. The molecule has 0 saturated heterocycles. The molecule has 0 radical (unpaired) electrons. The topological polar surface area (TPSA) is 49.3 Å². The molecule has 0 aliphatic carbocycles. The van der Waals surface area contributed by atoms with Crippen molar-refractivity contribution in [3.05, 3.63) is 33.4 Å². The first-order valence-electron chi connectivity index (χ1n) is 7.69. The summed E-state index contributed by atoms with van der Waals surface area (Å²) >= 11 is 0. The highest BCUT2D eigenvalue weighted by Gasteiger charge is 2.20. The zero-order chi connectivity index (χ0) is 16.3. The van der Waals surface area contributed by atoms with Gasteiger partial charge in [-0.25, -0.2) is 0 Å². The van der Waals surface area contributed by atoms with Crippen LogP contribution in [-0.4, -0.2) is 23.7 Å². The van der Waals surface area contributed by atoms with Crippen molar-refractivity contribution in [2.75, 3.05) is 6.61 Å². The van der Waals surface area contributed by atoms with E-state index in [9.17, 15) is 9.90 Å². The SMILES string of the molecule is Cc1c(C)c(C)c(C(=O)NC(CO)CC(C)C)c(C)c1C. The van der Waals surface area contributed by atoms with Crippen molar-refractivity contribution < 1.29 is 9.90 Å². The van der Waals surface area contributed by atoms with Crippen molar-refractivity contribution in [2.45, 2.75) is 60.9 Å². The van der Waals surface area contributed by atoms with Crippen molar-refractivity contribution in [1.82, 2.24) is 5.32 Å². The van der Waals surface area contributed by atoms with Gasteiger partial charge in [0.05, 0.1) is 12.6 Å². The van der Waals surface area contributed by atoms with Gasteiger partial charge in [0.25, 0.3) is 5.91 Å². The Morgan fingerprint density at radius 1 is 0.952 bits per heavy atom. The molecule has 118 valence electrons. The second kappa shape index (κ2) is 7.08. The van der Waals surface area contributed by atoms with Gasteiger partial charge in [0.1, 0.15) is 0 Å². The smallest absolute Gasteiger partial charge is 0.252 e. The minimum Gasteiger partial charge on any atom is -0.394 e. The third-order valence-corrected chi connectivity index (χ3v) is 4.54. The van der Waals surface area contributed by atoms with E-state index in [1.807, 2.05) is 13.8 Å². The number of amides is 1. The number of aliphatic hydroxyl groups is 1. The van der Waals surface area contributed by atoms with Crippen molar-refractivity contribution in [3.63, 3.8) is 0 Å². The molecule has 0 aliphatic heterocycles. The van der Waals surface area contributed by atoms with Gasteiger partial charge in [0.15, 0.2) is 0 Å². The molecule has 0 aromatic heterocycles. The maximum Gasteiger partial charge on any atom is 0.252 e. The highest BCUT2D eigenvalue weighted by molar-refractivity contribution is 5.98. The van der Waals surface area contributed by atoms with Gasteiger partial charge in [-0.3, -0.25) is 4.79 Å². The van der Waals surface area contributed by atoms with Crippen LogP contribution in [0.15, 0.2) is 0 Å². The first-order valence-corrected chi connectivity index (χ1v) is 7.69. The van der Waals surface area contributed by atoms with Gasteiger partial charge < -0.3 is 10.4 Å². The number of aliphatic hydroxyl groups excluding tert-OH is 1. The average Bonchev–Trinajstić information content (AvgIpc) is 2.42. The van der Waals surface area contributed by atoms with E-state index in [0.717, 1.165) is 23.1 Å². The van der Waals surface area contributed by atoms with Crippen LogP contribution in [0.2, 0.25) is 0 Å². The fraction of sp³-hybridized carbons (Fsp3) is 0.611. The number of hydrogen-bond acceptors (Lipinski definition) is 2. The third kappa shape index (κ3) is 3.85.